The summed E-state index contributed by atoms with van der Waals surface area (Å²) in [4.78, 5) is 4.50. The van der Waals surface area contributed by atoms with Crippen LogP contribution in [0.25, 0.3) is 99.5 Å². The maximum absolute atomic E-state index is 11.1. The number of benzene rings is 13. The van der Waals surface area contributed by atoms with Crippen molar-refractivity contribution in [3.05, 3.63) is 306 Å². The molecule has 0 spiro atoms. The van der Waals surface area contributed by atoms with Crippen molar-refractivity contribution in [3.63, 3.8) is 0 Å². The van der Waals surface area contributed by atoms with Crippen LogP contribution in [0.3, 0.4) is 0 Å². The first-order valence-electron chi connectivity index (χ1n) is 49.1. The van der Waals surface area contributed by atoms with Crippen molar-refractivity contribution in [1.82, 2.24) is 9.13 Å². The van der Waals surface area contributed by atoms with Crippen LogP contribution in [0.2, 0.25) is 0 Å². The van der Waals surface area contributed by atoms with E-state index in [0.29, 0.717) is 118 Å². The second-order valence-electron chi connectivity index (χ2n) is 40.0. The van der Waals surface area contributed by atoms with Crippen molar-refractivity contribution in [3.8, 4) is 55.9 Å². The van der Waals surface area contributed by atoms with Crippen molar-refractivity contribution in [1.29, 1.82) is 0 Å². The largest absolute Gasteiger partial charge is 0.311 e. The monoisotopic (exact) mass is 1560 g/mol. The van der Waals surface area contributed by atoms with E-state index >= 15 is 0 Å². The van der Waals surface area contributed by atoms with Gasteiger partial charge in [-0.2, -0.15) is 0 Å². The second-order valence-corrected chi connectivity index (χ2v) is 40.0. The van der Waals surface area contributed by atoms with Crippen LogP contribution in [0.4, 0.5) is 34.1 Å². The van der Waals surface area contributed by atoms with Gasteiger partial charge in [0.05, 0.1) is 33.4 Å². The summed E-state index contributed by atoms with van der Waals surface area (Å²) in [5, 5.41) is 4.16. The zero-order valence-electron chi connectivity index (χ0n) is 86.8. The van der Waals surface area contributed by atoms with E-state index in [-0.39, 0.29) is 0 Å². The van der Waals surface area contributed by atoms with Gasteiger partial charge in [0.15, 0.2) is 0 Å². The highest BCUT2D eigenvalue weighted by Crippen LogP contribution is 2.54. The van der Waals surface area contributed by atoms with Gasteiger partial charge < -0.3 is 18.9 Å². The number of hydrogen-bond donors (Lipinski definition) is 0. The highest BCUT2D eigenvalue weighted by Gasteiger charge is 2.46. The fourth-order valence-corrected chi connectivity index (χ4v) is 18.0. The number of hydrogen-bond acceptors (Lipinski definition) is 2. The molecular weight excluding hydrogens is 1420 g/mol. The summed E-state index contributed by atoms with van der Waals surface area (Å²) in [7, 11) is 0. The molecule has 596 valence electrons. The Morgan fingerprint density at radius 2 is 0.517 bits per heavy atom. The van der Waals surface area contributed by atoms with Gasteiger partial charge in [0.2, 0.25) is 0 Å². The fraction of sp³-hybridized carbons (Fsp3) is 0.310. The normalized spacial score (nSPS) is 16.1. The van der Waals surface area contributed by atoms with Gasteiger partial charge in [-0.15, -0.1) is 0 Å². The average Bonchev–Trinajstić information content (AvgIpc) is 0.728. The molecule has 4 nitrogen and oxygen atoms in total. The van der Waals surface area contributed by atoms with Crippen molar-refractivity contribution in [2.24, 2.45) is 37.9 Å². The second kappa shape index (κ2) is 29.6. The summed E-state index contributed by atoms with van der Waals surface area (Å²) >= 11 is 0. The molecule has 0 aliphatic carbocycles. The molecule has 0 saturated heterocycles. The minimum Gasteiger partial charge on any atom is -0.311 e. The molecule has 2 aromatic heterocycles. The van der Waals surface area contributed by atoms with Gasteiger partial charge in [-0.25, -0.2) is 0 Å². The summed E-state index contributed by atoms with van der Waals surface area (Å²) in [5.41, 5.74) is 11.0. The first-order chi connectivity index (χ1) is 61.2. The number of rotatable bonds is 15. The zero-order valence-corrected chi connectivity index (χ0v) is 72.8. The van der Waals surface area contributed by atoms with E-state index in [4.69, 9.17) is 0 Å². The van der Waals surface area contributed by atoms with Crippen molar-refractivity contribution >= 4 is 101 Å². The predicted octanol–water partition coefficient (Wildman–Crippen LogP) is 29.8. The van der Waals surface area contributed by atoms with E-state index in [9.17, 15) is 19.2 Å². The molecule has 0 atom stereocenters. The van der Waals surface area contributed by atoms with Crippen LogP contribution in [-0.4, -0.2) is 15.8 Å². The molecule has 0 fully saturated rings. The van der Waals surface area contributed by atoms with E-state index in [1.165, 1.54) is 0 Å². The first-order valence-corrected chi connectivity index (χ1v) is 42.1. The number of aromatic nitrogens is 2. The molecule has 4 heterocycles. The molecule has 5 heteroatoms. The van der Waals surface area contributed by atoms with Crippen LogP contribution in [0.1, 0.15) is 204 Å². The quantitative estimate of drug-likeness (QED) is 0.0951. The van der Waals surface area contributed by atoms with Crippen molar-refractivity contribution in [2.45, 2.75) is 190 Å². The molecule has 2 aliphatic heterocycles. The number of anilines is 6. The van der Waals surface area contributed by atoms with Crippen molar-refractivity contribution in [2.75, 3.05) is 9.80 Å². The highest BCUT2D eigenvalue weighted by molar-refractivity contribution is 7.00. The summed E-state index contributed by atoms with van der Waals surface area (Å²) in [6.07, 6.45) is -14.2. The number of para-hydroxylation sites is 4. The van der Waals surface area contributed by atoms with E-state index in [1.54, 1.807) is 12.1 Å². The van der Waals surface area contributed by atoms with Gasteiger partial charge in [-0.05, 0) is 256 Å². The molecule has 17 rings (SSSR count). The Labute approximate surface area is 724 Å². The molecule has 0 saturated carbocycles. The highest BCUT2D eigenvalue weighted by atomic mass is 15.2. The Morgan fingerprint density at radius 3 is 0.814 bits per heavy atom. The van der Waals surface area contributed by atoms with E-state index in [2.05, 4.69) is 165 Å². The first kappa shape index (κ1) is 64.2. The van der Waals surface area contributed by atoms with Gasteiger partial charge in [0, 0.05) is 86.0 Å². The molecule has 0 N–H and O–H groups in total. The molecule has 15 aromatic rings. The molecule has 0 amide bonds. The maximum Gasteiger partial charge on any atom is 0.252 e. The van der Waals surface area contributed by atoms with Crippen LogP contribution in [0, 0.1) is 37.9 Å². The summed E-state index contributed by atoms with van der Waals surface area (Å²) in [6.45, 7) is 38.9. The van der Waals surface area contributed by atoms with Crippen LogP contribution in [0.5, 0.6) is 0 Å². The predicted molar refractivity (Wildman–Crippen MR) is 513 cm³/mol. The Bertz CT molecular complexity index is 6640. The SMILES string of the molecule is [2H]C([2H])(c1cccc(-c2cc(C([2H])([2H])C(C)(C)C)c(-c3cccc(C([2H])([2H])C(C)(C)C)c3)cc2N2c3cc(-n4c5ccccc5c5ccccc54)ccc3B3c4ccc(-n5c6ccccc6c6ccccc65)cc4N(c4cc(-c5cccc(C([2H])([2H])C(C)(C)C)c5)c(C([2H])([2H])C(C)(C)C)cc4-c4cccc(C([2H])([2H])C(C)(C)C)c4)c4cc(C([2H])([2H])C(C)(C)C)cc2c43)c1)C(C)(C)C. The fourth-order valence-electron chi connectivity index (χ4n) is 18.0. The molecule has 0 radical (unpaired) electrons. The molecule has 13 aromatic carbocycles. The molecule has 0 unspecified atom stereocenters. The average molecular weight is 1560 g/mol. The lowest BCUT2D eigenvalue weighted by Gasteiger charge is -2.46. The van der Waals surface area contributed by atoms with Gasteiger partial charge in [0.1, 0.15) is 0 Å². The zero-order chi connectivity index (χ0) is 95.6. The van der Waals surface area contributed by atoms with Gasteiger partial charge in [-0.1, -0.05) is 327 Å². The minimum absolute atomic E-state index is 0.293. The Morgan fingerprint density at radius 1 is 0.237 bits per heavy atom. The minimum atomic E-state index is -2.21. The molecular formula is C113H121BN4. The smallest absolute Gasteiger partial charge is 0.252 e. The lowest BCUT2D eigenvalue weighted by molar-refractivity contribution is 0.410. The van der Waals surface area contributed by atoms with Gasteiger partial charge >= 0.3 is 0 Å². The van der Waals surface area contributed by atoms with Crippen molar-refractivity contribution < 1.29 is 19.2 Å². The lowest BCUT2D eigenvalue weighted by Crippen LogP contribution is -2.61. The molecule has 0 bridgehead atoms. The lowest BCUT2D eigenvalue weighted by atomic mass is 9.33. The standard InChI is InChI=1S/C113H121BN4/c1-107(2,3)66-73-34-30-38-78(54-73)90-64-100(92(60-82(90)71-112(16,17)18)80-40-32-36-75(56-80)68-109(7,8)9)117-102-62-84(115-96-46-26-22-42-86(96)87-43-23-27-47-97(87)115)50-52-94(102)114-95-53-51-85(116-98-48-28-24-44-88(98)89-45-25-29-49-99(89)116)63-103(95)118(105-59-77(70-111(13,14)15)58-104(117)106(105)114)101-65-91(79-39-31-35-74(55-79)67-108(4,5)6)83(72-113(19,20)21)61-93(101)81-41-33-37-76(57-81)69-110(10,11)12/h22-65H,66-72H2,1-21H3/i66D2,67D2,68D2,69D2,70D2,71D2,72D2. The topological polar surface area (TPSA) is 16.3 Å². The summed E-state index contributed by atoms with van der Waals surface area (Å²) < 4.78 is 150. The van der Waals surface area contributed by atoms with Gasteiger partial charge in [0.25, 0.3) is 6.71 Å². The Hall–Kier alpha value is -10.9. The van der Waals surface area contributed by atoms with E-state index < -0.39 is 89.2 Å². The maximum atomic E-state index is 11.1. The Kier molecular flexibility index (Phi) is 16.1. The van der Waals surface area contributed by atoms with Crippen LogP contribution in [0.15, 0.2) is 267 Å². The third-order valence-corrected chi connectivity index (χ3v) is 21.8. The number of nitrogens with zero attached hydrogens (tertiary/aromatic N) is 4. The number of fused-ring (bicyclic) bond motifs is 10. The third kappa shape index (κ3) is 16.1. The summed E-state index contributed by atoms with van der Waals surface area (Å²) in [6, 6.07) is 89.0. The van der Waals surface area contributed by atoms with E-state index in [1.807, 2.05) is 255 Å². The molecule has 2 aliphatic rings. The van der Waals surface area contributed by atoms with Gasteiger partial charge in [-0.3, -0.25) is 0 Å². The summed E-state index contributed by atoms with van der Waals surface area (Å²) in [5.74, 6) is 0. The third-order valence-electron chi connectivity index (χ3n) is 21.8. The van der Waals surface area contributed by atoms with Crippen LogP contribution >= 0.6 is 0 Å². The molecule has 118 heavy (non-hydrogen) atoms. The van der Waals surface area contributed by atoms with Crippen LogP contribution in [-0.2, 0) is 44.6 Å². The van der Waals surface area contributed by atoms with E-state index in [0.717, 1.165) is 71.4 Å². The van der Waals surface area contributed by atoms with Crippen LogP contribution < -0.4 is 26.2 Å². The Balaban J connectivity index is 1.12.